The van der Waals surface area contributed by atoms with Crippen LogP contribution in [0.15, 0.2) is 36.4 Å². The summed E-state index contributed by atoms with van der Waals surface area (Å²) < 4.78 is 10.4. The van der Waals surface area contributed by atoms with Crippen molar-refractivity contribution in [2.75, 3.05) is 36.3 Å². The number of carbonyl (C=O) groups excluding carboxylic acids is 2. The van der Waals surface area contributed by atoms with Crippen LogP contribution < -0.4 is 25.0 Å². The third-order valence-corrected chi connectivity index (χ3v) is 4.88. The lowest BCUT2D eigenvalue weighted by molar-refractivity contribution is -0.118. The summed E-state index contributed by atoms with van der Waals surface area (Å²) in [5.74, 6) is 1.34. The van der Waals surface area contributed by atoms with E-state index in [1.54, 1.807) is 32.4 Å². The van der Waals surface area contributed by atoms with Gasteiger partial charge in [0.15, 0.2) is 0 Å². The highest BCUT2D eigenvalue weighted by Gasteiger charge is 2.23. The first-order chi connectivity index (χ1) is 14.0. The smallest absolute Gasteiger partial charge is 0.323 e. The normalized spacial score (nSPS) is 12.9. The van der Waals surface area contributed by atoms with Crippen LogP contribution in [0.1, 0.15) is 31.7 Å². The summed E-state index contributed by atoms with van der Waals surface area (Å²) >= 11 is 0. The number of rotatable bonds is 7. The van der Waals surface area contributed by atoms with E-state index in [1.165, 1.54) is 0 Å². The number of hydrogen-bond donors (Lipinski definition) is 2. The van der Waals surface area contributed by atoms with E-state index < -0.39 is 0 Å². The van der Waals surface area contributed by atoms with Crippen molar-refractivity contribution in [1.82, 2.24) is 0 Å². The summed E-state index contributed by atoms with van der Waals surface area (Å²) in [6.07, 6.45) is 3.18. The fraction of sp³-hybridized carbons (Fsp3) is 0.364. The molecule has 0 atom stereocenters. The molecule has 7 nitrogen and oxygen atoms in total. The van der Waals surface area contributed by atoms with Gasteiger partial charge in [0.05, 0.1) is 14.2 Å². The first-order valence-electron chi connectivity index (χ1n) is 9.78. The molecule has 3 amide bonds. The molecule has 1 heterocycles. The van der Waals surface area contributed by atoms with Crippen LogP contribution in [-0.2, 0) is 11.2 Å². The third kappa shape index (κ3) is 4.99. The highest BCUT2D eigenvalue weighted by atomic mass is 16.5. The summed E-state index contributed by atoms with van der Waals surface area (Å²) in [5, 5.41) is 5.64. The lowest BCUT2D eigenvalue weighted by Crippen LogP contribution is -2.35. The van der Waals surface area contributed by atoms with Crippen LogP contribution in [0.4, 0.5) is 21.9 Å². The van der Waals surface area contributed by atoms with Crippen molar-refractivity contribution in [3.8, 4) is 11.5 Å². The SMILES string of the molecule is CCCCN1C(=O)CCc2cc(NC(=O)Nc3cc(OC)cc(OC)c3)ccc21. The van der Waals surface area contributed by atoms with E-state index >= 15 is 0 Å². The maximum atomic E-state index is 12.4. The van der Waals surface area contributed by atoms with Crippen LogP contribution in [-0.4, -0.2) is 32.7 Å². The summed E-state index contributed by atoms with van der Waals surface area (Å²) in [4.78, 5) is 26.6. The topological polar surface area (TPSA) is 79.9 Å². The number of ether oxygens (including phenoxy) is 2. The Morgan fingerprint density at radius 2 is 1.69 bits per heavy atom. The van der Waals surface area contributed by atoms with Crippen LogP contribution in [0.3, 0.4) is 0 Å². The largest absolute Gasteiger partial charge is 0.497 e. The molecule has 1 aliphatic rings. The van der Waals surface area contributed by atoms with Gasteiger partial charge in [0, 0.05) is 48.2 Å². The zero-order chi connectivity index (χ0) is 20.8. The Morgan fingerprint density at radius 3 is 2.34 bits per heavy atom. The zero-order valence-electron chi connectivity index (χ0n) is 17.1. The molecular formula is C22H27N3O4. The van der Waals surface area contributed by atoms with E-state index in [0.29, 0.717) is 35.7 Å². The van der Waals surface area contributed by atoms with E-state index in [-0.39, 0.29) is 11.9 Å². The highest BCUT2D eigenvalue weighted by Crippen LogP contribution is 2.31. The van der Waals surface area contributed by atoms with E-state index in [4.69, 9.17) is 9.47 Å². The number of fused-ring (bicyclic) bond motifs is 1. The minimum Gasteiger partial charge on any atom is -0.497 e. The molecule has 0 unspecified atom stereocenters. The van der Waals surface area contributed by atoms with Crippen molar-refractivity contribution in [2.24, 2.45) is 0 Å². The van der Waals surface area contributed by atoms with Crippen molar-refractivity contribution in [3.63, 3.8) is 0 Å². The van der Waals surface area contributed by atoms with Crippen LogP contribution in [0.25, 0.3) is 0 Å². The first kappa shape index (κ1) is 20.5. The van der Waals surface area contributed by atoms with Gasteiger partial charge < -0.3 is 25.0 Å². The van der Waals surface area contributed by atoms with Crippen LogP contribution in [0, 0.1) is 0 Å². The van der Waals surface area contributed by atoms with E-state index in [1.807, 2.05) is 23.1 Å². The molecule has 0 fully saturated rings. The van der Waals surface area contributed by atoms with Gasteiger partial charge >= 0.3 is 6.03 Å². The average molecular weight is 397 g/mol. The molecule has 0 bridgehead atoms. The third-order valence-electron chi connectivity index (χ3n) is 4.88. The standard InChI is InChI=1S/C22H27N3O4/c1-4-5-10-25-20-8-7-16(11-15(20)6-9-21(25)26)23-22(27)24-17-12-18(28-2)14-19(13-17)29-3/h7-8,11-14H,4-6,9-10H2,1-3H3,(H2,23,24,27). The monoisotopic (exact) mass is 397 g/mol. The van der Waals surface area contributed by atoms with Crippen LogP contribution in [0.2, 0.25) is 0 Å². The maximum absolute atomic E-state index is 12.4. The molecule has 0 aromatic heterocycles. The summed E-state index contributed by atoms with van der Waals surface area (Å²) in [6, 6.07) is 10.5. The number of benzene rings is 2. The molecule has 0 spiro atoms. The first-order valence-corrected chi connectivity index (χ1v) is 9.78. The molecule has 0 aliphatic carbocycles. The average Bonchev–Trinajstić information content (AvgIpc) is 2.72. The number of aryl methyl sites for hydroxylation is 1. The Kier molecular flexibility index (Phi) is 6.59. The molecule has 3 rings (SSSR count). The number of unbranched alkanes of at least 4 members (excludes halogenated alkanes) is 1. The zero-order valence-corrected chi connectivity index (χ0v) is 17.1. The number of hydrogen-bond acceptors (Lipinski definition) is 4. The van der Waals surface area contributed by atoms with Gasteiger partial charge in [-0.2, -0.15) is 0 Å². The van der Waals surface area contributed by atoms with Crippen molar-refractivity contribution < 1.29 is 19.1 Å². The van der Waals surface area contributed by atoms with Crippen molar-refractivity contribution in [3.05, 3.63) is 42.0 Å². The lowest BCUT2D eigenvalue weighted by Gasteiger charge is -2.29. The second-order valence-electron chi connectivity index (χ2n) is 6.92. The molecule has 29 heavy (non-hydrogen) atoms. The van der Waals surface area contributed by atoms with E-state index in [2.05, 4.69) is 17.6 Å². The number of nitrogens with zero attached hydrogens (tertiary/aromatic N) is 1. The molecule has 154 valence electrons. The number of carbonyl (C=O) groups is 2. The number of anilines is 3. The predicted octanol–water partition coefficient (Wildman–Crippen LogP) is 4.43. The van der Waals surface area contributed by atoms with Gasteiger partial charge in [-0.1, -0.05) is 13.3 Å². The summed E-state index contributed by atoms with van der Waals surface area (Å²) in [7, 11) is 3.11. The van der Waals surface area contributed by atoms with E-state index in [9.17, 15) is 9.59 Å². The van der Waals surface area contributed by atoms with Gasteiger partial charge in [0.25, 0.3) is 0 Å². The predicted molar refractivity (Wildman–Crippen MR) is 114 cm³/mol. The highest BCUT2D eigenvalue weighted by molar-refractivity contribution is 6.01. The Hall–Kier alpha value is -3.22. The van der Waals surface area contributed by atoms with Gasteiger partial charge in [-0.3, -0.25) is 4.79 Å². The van der Waals surface area contributed by atoms with Crippen molar-refractivity contribution >= 4 is 29.0 Å². The second-order valence-corrected chi connectivity index (χ2v) is 6.92. The number of nitrogens with one attached hydrogen (secondary N) is 2. The van der Waals surface area contributed by atoms with Gasteiger partial charge in [0.2, 0.25) is 5.91 Å². The Morgan fingerprint density at radius 1 is 1.00 bits per heavy atom. The molecule has 1 aliphatic heterocycles. The Bertz CT molecular complexity index is 875. The fourth-order valence-corrected chi connectivity index (χ4v) is 3.37. The summed E-state index contributed by atoms with van der Waals surface area (Å²) in [5.41, 5.74) is 3.26. The number of amides is 3. The van der Waals surface area contributed by atoms with Gasteiger partial charge in [0.1, 0.15) is 11.5 Å². The molecule has 7 heteroatoms. The van der Waals surface area contributed by atoms with Crippen molar-refractivity contribution in [2.45, 2.75) is 32.6 Å². The molecule has 0 saturated heterocycles. The molecule has 2 N–H and O–H groups in total. The Balaban J connectivity index is 1.71. The molecule has 0 saturated carbocycles. The molecule has 2 aromatic rings. The van der Waals surface area contributed by atoms with E-state index in [0.717, 1.165) is 30.6 Å². The quantitative estimate of drug-likeness (QED) is 0.724. The molecule has 0 radical (unpaired) electrons. The van der Waals surface area contributed by atoms with Gasteiger partial charge in [-0.05, 0) is 36.6 Å². The maximum Gasteiger partial charge on any atom is 0.323 e. The van der Waals surface area contributed by atoms with Gasteiger partial charge in [-0.15, -0.1) is 0 Å². The fourth-order valence-electron chi connectivity index (χ4n) is 3.37. The molecular weight excluding hydrogens is 370 g/mol. The van der Waals surface area contributed by atoms with Crippen LogP contribution >= 0.6 is 0 Å². The lowest BCUT2D eigenvalue weighted by atomic mass is 10.00. The number of urea groups is 1. The summed E-state index contributed by atoms with van der Waals surface area (Å²) in [6.45, 7) is 2.84. The van der Waals surface area contributed by atoms with Crippen LogP contribution in [0.5, 0.6) is 11.5 Å². The Labute approximate surface area is 171 Å². The minimum absolute atomic E-state index is 0.163. The second kappa shape index (κ2) is 9.32. The number of methoxy groups -OCH3 is 2. The minimum atomic E-state index is -0.366. The molecule has 2 aromatic carbocycles. The van der Waals surface area contributed by atoms with Crippen molar-refractivity contribution in [1.29, 1.82) is 0 Å². The van der Waals surface area contributed by atoms with Gasteiger partial charge in [-0.25, -0.2) is 4.79 Å².